The maximum atomic E-state index is 12.4. The third kappa shape index (κ3) is 4.48. The largest absolute Gasteiger partial charge is 0.481 e. The van der Waals surface area contributed by atoms with Gasteiger partial charge in [-0.15, -0.1) is 0 Å². The van der Waals surface area contributed by atoms with Crippen molar-refractivity contribution in [2.75, 3.05) is 26.2 Å². The quantitative estimate of drug-likeness (QED) is 0.834. The minimum Gasteiger partial charge on any atom is -0.481 e. The topological polar surface area (TPSA) is 77.9 Å². The molecule has 0 aliphatic carbocycles. The molecule has 2 aliphatic rings. The van der Waals surface area contributed by atoms with E-state index in [2.05, 4.69) is 0 Å². The third-order valence-corrected chi connectivity index (χ3v) is 5.57. The number of carboxylic acid groups (broad SMARTS) is 1. The van der Waals surface area contributed by atoms with E-state index in [0.29, 0.717) is 25.8 Å². The van der Waals surface area contributed by atoms with Gasteiger partial charge >= 0.3 is 5.97 Å². The molecule has 0 aromatic heterocycles. The number of hydrogen-bond acceptors (Lipinski definition) is 3. The summed E-state index contributed by atoms with van der Waals surface area (Å²) in [5.74, 6) is -0.845. The van der Waals surface area contributed by atoms with Crippen molar-refractivity contribution in [2.24, 2.45) is 5.41 Å². The highest BCUT2D eigenvalue weighted by Crippen LogP contribution is 2.34. The maximum Gasteiger partial charge on any atom is 0.311 e. The van der Waals surface area contributed by atoms with Gasteiger partial charge in [-0.05, 0) is 32.1 Å². The van der Waals surface area contributed by atoms with Crippen LogP contribution in [0.5, 0.6) is 0 Å². The number of hydrogen-bond donors (Lipinski definition) is 1. The van der Waals surface area contributed by atoms with Gasteiger partial charge in [0, 0.05) is 39.0 Å². The Morgan fingerprint density at radius 1 is 0.875 bits per heavy atom. The van der Waals surface area contributed by atoms with Gasteiger partial charge in [0.1, 0.15) is 0 Å². The summed E-state index contributed by atoms with van der Waals surface area (Å²) >= 11 is 0. The Hall–Kier alpha value is -1.59. The van der Waals surface area contributed by atoms with E-state index in [4.69, 9.17) is 0 Å². The second-order valence-corrected chi connectivity index (χ2v) is 7.15. The summed E-state index contributed by atoms with van der Waals surface area (Å²) in [6.45, 7) is 4.34. The molecular formula is C18H30N2O4. The van der Waals surface area contributed by atoms with Crippen molar-refractivity contribution in [1.29, 1.82) is 0 Å². The van der Waals surface area contributed by atoms with E-state index < -0.39 is 11.4 Å². The highest BCUT2D eigenvalue weighted by Gasteiger charge is 2.42. The molecule has 2 aliphatic heterocycles. The first-order valence-corrected chi connectivity index (χ1v) is 9.27. The van der Waals surface area contributed by atoms with Crippen molar-refractivity contribution < 1.29 is 19.5 Å². The van der Waals surface area contributed by atoms with E-state index in [1.165, 1.54) is 12.8 Å². The van der Waals surface area contributed by atoms with Gasteiger partial charge in [0.25, 0.3) is 0 Å². The Morgan fingerprint density at radius 3 is 1.96 bits per heavy atom. The zero-order valence-corrected chi connectivity index (χ0v) is 14.8. The Balaban J connectivity index is 1.85. The lowest BCUT2D eigenvalue weighted by atomic mass is 9.77. The zero-order chi connectivity index (χ0) is 17.6. The molecule has 1 N–H and O–H groups in total. The second kappa shape index (κ2) is 8.49. The first kappa shape index (κ1) is 18.7. The standard InChI is InChI=1S/C18H30N2O4/c1-2-18(17(23)24)10-7-13-20(14-18)16(22)9-8-15(21)19-11-5-3-4-6-12-19/h2-14H2,1H3,(H,23,24). The van der Waals surface area contributed by atoms with Gasteiger partial charge in [0.15, 0.2) is 0 Å². The van der Waals surface area contributed by atoms with E-state index in [0.717, 1.165) is 25.9 Å². The molecule has 6 heteroatoms. The van der Waals surface area contributed by atoms with E-state index in [-0.39, 0.29) is 31.2 Å². The number of likely N-dealkylation sites (tertiary alicyclic amines) is 2. The van der Waals surface area contributed by atoms with Crippen molar-refractivity contribution in [1.82, 2.24) is 9.80 Å². The lowest BCUT2D eigenvalue weighted by molar-refractivity contribution is -0.155. The van der Waals surface area contributed by atoms with Crippen LogP contribution in [-0.2, 0) is 14.4 Å². The Kier molecular flexibility index (Phi) is 6.63. The molecule has 2 saturated heterocycles. The smallest absolute Gasteiger partial charge is 0.311 e. The predicted molar refractivity (Wildman–Crippen MR) is 90.5 cm³/mol. The average Bonchev–Trinajstić information content (AvgIpc) is 2.88. The van der Waals surface area contributed by atoms with Crippen LogP contribution in [0.1, 0.15) is 64.7 Å². The van der Waals surface area contributed by atoms with Crippen LogP contribution in [0.2, 0.25) is 0 Å². The number of nitrogens with zero attached hydrogens (tertiary/aromatic N) is 2. The number of carbonyl (C=O) groups is 3. The normalized spacial score (nSPS) is 25.2. The fraction of sp³-hybridized carbons (Fsp3) is 0.833. The summed E-state index contributed by atoms with van der Waals surface area (Å²) in [4.78, 5) is 39.8. The molecule has 6 nitrogen and oxygen atoms in total. The fourth-order valence-corrected chi connectivity index (χ4v) is 3.81. The van der Waals surface area contributed by atoms with Crippen LogP contribution in [0, 0.1) is 5.41 Å². The van der Waals surface area contributed by atoms with Gasteiger partial charge in [-0.2, -0.15) is 0 Å². The lowest BCUT2D eigenvalue weighted by Crippen LogP contribution is -2.49. The van der Waals surface area contributed by atoms with Crippen molar-refractivity contribution in [3.63, 3.8) is 0 Å². The molecule has 2 rings (SSSR count). The molecule has 24 heavy (non-hydrogen) atoms. The molecule has 0 bridgehead atoms. The summed E-state index contributed by atoms with van der Waals surface area (Å²) in [7, 11) is 0. The molecule has 2 amide bonds. The highest BCUT2D eigenvalue weighted by atomic mass is 16.4. The first-order chi connectivity index (χ1) is 11.5. The van der Waals surface area contributed by atoms with Crippen LogP contribution in [0.3, 0.4) is 0 Å². The molecule has 1 unspecified atom stereocenters. The van der Waals surface area contributed by atoms with Crippen molar-refractivity contribution in [2.45, 2.75) is 64.7 Å². The van der Waals surface area contributed by atoms with Crippen LogP contribution in [0.4, 0.5) is 0 Å². The minimum absolute atomic E-state index is 0.0576. The molecular weight excluding hydrogens is 308 g/mol. The van der Waals surface area contributed by atoms with Crippen molar-refractivity contribution in [3.8, 4) is 0 Å². The van der Waals surface area contributed by atoms with Crippen molar-refractivity contribution in [3.05, 3.63) is 0 Å². The van der Waals surface area contributed by atoms with Crippen LogP contribution >= 0.6 is 0 Å². The van der Waals surface area contributed by atoms with E-state index in [1.54, 1.807) is 4.90 Å². The number of rotatable bonds is 5. The van der Waals surface area contributed by atoms with Gasteiger partial charge in [-0.3, -0.25) is 14.4 Å². The molecule has 0 aromatic carbocycles. The molecule has 2 fully saturated rings. The summed E-state index contributed by atoms with van der Waals surface area (Å²) in [6.07, 6.45) is 6.72. The summed E-state index contributed by atoms with van der Waals surface area (Å²) in [6, 6.07) is 0. The van der Waals surface area contributed by atoms with Crippen LogP contribution in [-0.4, -0.2) is 58.9 Å². The SMILES string of the molecule is CCC1(C(=O)O)CCCN(C(=O)CCC(=O)N2CCCCCC2)C1. The maximum absolute atomic E-state index is 12.4. The van der Waals surface area contributed by atoms with Gasteiger partial charge in [-0.25, -0.2) is 0 Å². The molecule has 1 atom stereocenters. The van der Waals surface area contributed by atoms with Crippen LogP contribution in [0.15, 0.2) is 0 Å². The summed E-state index contributed by atoms with van der Waals surface area (Å²) in [5, 5.41) is 9.50. The molecule has 0 radical (unpaired) electrons. The Bertz CT molecular complexity index is 472. The van der Waals surface area contributed by atoms with Gasteiger partial charge in [0.05, 0.1) is 5.41 Å². The Morgan fingerprint density at radius 2 is 1.42 bits per heavy atom. The zero-order valence-electron chi connectivity index (χ0n) is 14.8. The van der Waals surface area contributed by atoms with Crippen LogP contribution < -0.4 is 0 Å². The molecule has 2 heterocycles. The second-order valence-electron chi connectivity index (χ2n) is 7.15. The number of piperidine rings is 1. The molecule has 0 spiro atoms. The summed E-state index contributed by atoms with van der Waals surface area (Å²) in [5.41, 5.74) is -0.817. The molecule has 0 aromatic rings. The summed E-state index contributed by atoms with van der Waals surface area (Å²) < 4.78 is 0. The van der Waals surface area contributed by atoms with E-state index in [1.807, 2.05) is 11.8 Å². The third-order valence-electron chi connectivity index (χ3n) is 5.57. The monoisotopic (exact) mass is 338 g/mol. The fourth-order valence-electron chi connectivity index (χ4n) is 3.81. The van der Waals surface area contributed by atoms with Gasteiger partial charge < -0.3 is 14.9 Å². The minimum atomic E-state index is -0.817. The van der Waals surface area contributed by atoms with Crippen LogP contribution in [0.25, 0.3) is 0 Å². The molecule has 136 valence electrons. The lowest BCUT2D eigenvalue weighted by Gasteiger charge is -2.39. The van der Waals surface area contributed by atoms with Gasteiger partial charge in [-0.1, -0.05) is 19.8 Å². The van der Waals surface area contributed by atoms with Gasteiger partial charge in [0.2, 0.25) is 11.8 Å². The highest BCUT2D eigenvalue weighted by molar-refractivity contribution is 5.84. The first-order valence-electron chi connectivity index (χ1n) is 9.27. The average molecular weight is 338 g/mol. The number of carbonyl (C=O) groups excluding carboxylic acids is 2. The van der Waals surface area contributed by atoms with Crippen molar-refractivity contribution >= 4 is 17.8 Å². The predicted octanol–water partition coefficient (Wildman–Crippen LogP) is 2.27. The molecule has 0 saturated carbocycles. The number of aliphatic carboxylic acids is 1. The Labute approximate surface area is 144 Å². The van der Waals surface area contributed by atoms with E-state index in [9.17, 15) is 19.5 Å². The number of amides is 2. The number of carboxylic acids is 1. The van der Waals surface area contributed by atoms with E-state index >= 15 is 0 Å².